The van der Waals surface area contributed by atoms with Crippen molar-refractivity contribution in [3.05, 3.63) is 105 Å². The first-order valence-electron chi connectivity index (χ1n) is 9.08. The smallest absolute Gasteiger partial charge is 0.339 e. The van der Waals surface area contributed by atoms with E-state index in [0.29, 0.717) is 27.7 Å². The van der Waals surface area contributed by atoms with Crippen LogP contribution in [0.1, 0.15) is 15.9 Å². The Hall–Kier alpha value is -3.58. The van der Waals surface area contributed by atoms with Crippen molar-refractivity contribution < 1.29 is 14.5 Å². The maximum absolute atomic E-state index is 12.9. The predicted octanol–water partition coefficient (Wildman–Crippen LogP) is 5.93. The van der Waals surface area contributed by atoms with Crippen LogP contribution < -0.4 is 0 Å². The van der Waals surface area contributed by atoms with Gasteiger partial charge in [0.25, 0.3) is 5.69 Å². The molecule has 0 aliphatic rings. The Kier molecular flexibility index (Phi) is 5.54. The number of hydrogen-bond acceptors (Lipinski definition) is 5. The van der Waals surface area contributed by atoms with E-state index in [0.717, 1.165) is 10.0 Å². The van der Waals surface area contributed by atoms with Gasteiger partial charge in [-0.05, 0) is 30.3 Å². The topological polar surface area (TPSA) is 82.3 Å². The number of nitrogens with zero attached hydrogens (tertiary/aromatic N) is 2. The highest BCUT2D eigenvalue weighted by atomic mass is 79.9. The van der Waals surface area contributed by atoms with Crippen LogP contribution in [0.25, 0.3) is 22.2 Å². The number of hydrogen-bond donors (Lipinski definition) is 0. The second-order valence-corrected chi connectivity index (χ2v) is 7.46. The zero-order chi connectivity index (χ0) is 21.1. The summed E-state index contributed by atoms with van der Waals surface area (Å²) in [6.45, 7) is -0.194. The van der Waals surface area contributed by atoms with Gasteiger partial charge in [-0.15, -0.1) is 0 Å². The maximum Gasteiger partial charge on any atom is 0.339 e. The van der Waals surface area contributed by atoms with Gasteiger partial charge in [0, 0.05) is 21.5 Å². The Balaban J connectivity index is 1.70. The van der Waals surface area contributed by atoms with Crippen LogP contribution in [0, 0.1) is 10.1 Å². The normalized spacial score (nSPS) is 10.7. The van der Waals surface area contributed by atoms with Crippen LogP contribution in [0.5, 0.6) is 0 Å². The molecule has 0 N–H and O–H groups in total. The highest BCUT2D eigenvalue weighted by Crippen LogP contribution is 2.27. The number of aromatic nitrogens is 1. The molecule has 30 heavy (non-hydrogen) atoms. The molecular formula is C23H15BrN2O4. The number of benzene rings is 3. The molecule has 1 heterocycles. The minimum absolute atomic E-state index is 0.0829. The maximum atomic E-state index is 12.9. The molecule has 148 valence electrons. The molecule has 6 nitrogen and oxygen atoms in total. The third-order valence-corrected chi connectivity index (χ3v) is 5.15. The number of nitro groups is 1. The molecule has 0 saturated carbocycles. The van der Waals surface area contributed by atoms with Gasteiger partial charge in [0.1, 0.15) is 6.61 Å². The number of pyridine rings is 1. The van der Waals surface area contributed by atoms with Crippen LogP contribution in [0.2, 0.25) is 0 Å². The van der Waals surface area contributed by atoms with Crippen molar-refractivity contribution >= 4 is 38.5 Å². The van der Waals surface area contributed by atoms with Crippen molar-refractivity contribution in [1.29, 1.82) is 0 Å². The molecular weight excluding hydrogens is 448 g/mol. The summed E-state index contributed by atoms with van der Waals surface area (Å²) in [6.07, 6.45) is 0. The average molecular weight is 463 g/mol. The highest BCUT2D eigenvalue weighted by Gasteiger charge is 2.18. The first kappa shape index (κ1) is 19.7. The van der Waals surface area contributed by atoms with Crippen LogP contribution in [0.15, 0.2) is 83.3 Å². The molecule has 0 atom stereocenters. The minimum atomic E-state index is -0.565. The van der Waals surface area contributed by atoms with E-state index < -0.39 is 10.9 Å². The van der Waals surface area contributed by atoms with Crippen LogP contribution in [0.3, 0.4) is 0 Å². The molecule has 0 saturated heterocycles. The zero-order valence-electron chi connectivity index (χ0n) is 15.6. The second kappa shape index (κ2) is 8.42. The van der Waals surface area contributed by atoms with Crippen molar-refractivity contribution in [2.24, 2.45) is 0 Å². The molecule has 4 aromatic rings. The Bertz CT molecular complexity index is 1260. The third-order valence-electron chi connectivity index (χ3n) is 4.62. The molecule has 3 aromatic carbocycles. The molecule has 1 aromatic heterocycles. The number of nitro benzene ring substituents is 1. The molecule has 0 aliphatic carbocycles. The van der Waals surface area contributed by atoms with Crippen molar-refractivity contribution in [3.63, 3.8) is 0 Å². The summed E-state index contributed by atoms with van der Waals surface area (Å²) in [5, 5.41) is 11.8. The highest BCUT2D eigenvalue weighted by molar-refractivity contribution is 9.10. The largest absolute Gasteiger partial charge is 0.457 e. The quantitative estimate of drug-likeness (QED) is 0.208. The molecule has 0 bridgehead atoms. The summed E-state index contributed by atoms with van der Waals surface area (Å²) in [5.41, 5.74) is 2.77. The van der Waals surface area contributed by atoms with E-state index in [9.17, 15) is 14.9 Å². The Morgan fingerprint density at radius 1 is 1.00 bits per heavy atom. The fourth-order valence-corrected chi connectivity index (χ4v) is 3.41. The predicted molar refractivity (Wildman–Crippen MR) is 117 cm³/mol. The van der Waals surface area contributed by atoms with Gasteiger partial charge in [-0.1, -0.05) is 58.4 Å². The van der Waals surface area contributed by atoms with Crippen molar-refractivity contribution in [3.8, 4) is 11.3 Å². The van der Waals surface area contributed by atoms with Crippen LogP contribution in [-0.4, -0.2) is 15.9 Å². The number of fused-ring (bicyclic) bond motifs is 1. The fraction of sp³-hybridized carbons (Fsp3) is 0.0435. The van der Waals surface area contributed by atoms with Gasteiger partial charge in [-0.3, -0.25) is 10.1 Å². The van der Waals surface area contributed by atoms with Gasteiger partial charge in [0.05, 0.1) is 27.3 Å². The molecule has 7 heteroatoms. The lowest BCUT2D eigenvalue weighted by atomic mass is 10.0. The molecule has 0 radical (unpaired) electrons. The summed E-state index contributed by atoms with van der Waals surface area (Å²) >= 11 is 3.41. The van der Waals surface area contributed by atoms with Gasteiger partial charge in [0.2, 0.25) is 0 Å². The van der Waals surface area contributed by atoms with Gasteiger partial charge in [-0.2, -0.15) is 0 Å². The Morgan fingerprint density at radius 2 is 1.70 bits per heavy atom. The van der Waals surface area contributed by atoms with E-state index in [4.69, 9.17) is 4.74 Å². The Morgan fingerprint density at radius 3 is 2.47 bits per heavy atom. The lowest BCUT2D eigenvalue weighted by molar-refractivity contribution is -0.385. The first-order valence-corrected chi connectivity index (χ1v) is 9.87. The van der Waals surface area contributed by atoms with E-state index in [1.807, 2.05) is 42.5 Å². The van der Waals surface area contributed by atoms with Gasteiger partial charge < -0.3 is 4.74 Å². The van der Waals surface area contributed by atoms with Gasteiger partial charge in [0.15, 0.2) is 0 Å². The summed E-state index contributed by atoms with van der Waals surface area (Å²) < 4.78 is 6.39. The number of rotatable bonds is 5. The molecule has 4 rings (SSSR count). The number of ether oxygens (including phenoxy) is 1. The van der Waals surface area contributed by atoms with Crippen molar-refractivity contribution in [2.45, 2.75) is 6.61 Å². The van der Waals surface area contributed by atoms with Crippen LogP contribution >= 0.6 is 15.9 Å². The summed E-state index contributed by atoms with van der Waals surface area (Å²) in [5.74, 6) is -0.565. The monoisotopic (exact) mass is 462 g/mol. The van der Waals surface area contributed by atoms with Crippen LogP contribution in [-0.2, 0) is 11.3 Å². The average Bonchev–Trinajstić information content (AvgIpc) is 2.77. The summed E-state index contributed by atoms with van der Waals surface area (Å²) in [6, 6.07) is 22.8. The van der Waals surface area contributed by atoms with E-state index in [-0.39, 0.29) is 12.3 Å². The Labute approximate surface area is 180 Å². The lowest BCUT2D eigenvalue weighted by Crippen LogP contribution is -2.08. The van der Waals surface area contributed by atoms with Crippen molar-refractivity contribution in [1.82, 2.24) is 4.98 Å². The standard InChI is InChI=1S/C23H15BrN2O4/c24-17-11-9-15(10-12-17)21-13-19(18-6-2-3-7-20(18)25-21)23(27)30-14-16-5-1-4-8-22(16)26(28)29/h1-13H,14H2. The van der Waals surface area contributed by atoms with Crippen molar-refractivity contribution in [2.75, 3.05) is 0 Å². The molecule has 0 spiro atoms. The summed E-state index contributed by atoms with van der Waals surface area (Å²) in [7, 11) is 0. The number of para-hydroxylation sites is 2. The van der Waals surface area contributed by atoms with E-state index in [1.165, 1.54) is 6.07 Å². The first-order chi connectivity index (χ1) is 14.5. The summed E-state index contributed by atoms with van der Waals surface area (Å²) in [4.78, 5) is 28.3. The number of carbonyl (C=O) groups is 1. The van der Waals surface area contributed by atoms with E-state index in [2.05, 4.69) is 20.9 Å². The molecule has 0 fully saturated rings. The molecule has 0 amide bonds. The number of halogens is 1. The minimum Gasteiger partial charge on any atom is -0.457 e. The van der Waals surface area contributed by atoms with Gasteiger partial charge >= 0.3 is 5.97 Å². The SMILES string of the molecule is O=C(OCc1ccccc1[N+](=O)[O-])c1cc(-c2ccc(Br)cc2)nc2ccccc12. The number of carbonyl (C=O) groups excluding carboxylic acids is 1. The van der Waals surface area contributed by atoms with Gasteiger partial charge in [-0.25, -0.2) is 9.78 Å². The fourth-order valence-electron chi connectivity index (χ4n) is 3.14. The van der Waals surface area contributed by atoms with Crippen LogP contribution in [0.4, 0.5) is 5.69 Å². The third kappa shape index (κ3) is 4.06. The van der Waals surface area contributed by atoms with E-state index in [1.54, 1.807) is 30.3 Å². The number of esters is 1. The lowest BCUT2D eigenvalue weighted by Gasteiger charge is -2.10. The zero-order valence-corrected chi connectivity index (χ0v) is 17.2. The van der Waals surface area contributed by atoms with E-state index >= 15 is 0 Å². The second-order valence-electron chi connectivity index (χ2n) is 6.54. The molecule has 0 unspecified atom stereocenters. The molecule has 0 aliphatic heterocycles.